The maximum absolute atomic E-state index is 11.2. The lowest BCUT2D eigenvalue weighted by Gasteiger charge is -2.16. The molecule has 20 heavy (non-hydrogen) atoms. The molecule has 0 heterocycles. The van der Waals surface area contributed by atoms with E-state index < -0.39 is 10.1 Å². The smallest absolute Gasteiger partial charge is 0.303 e. The number of hydrogen-bond acceptors (Lipinski definition) is 3. The molecule has 7 nitrogen and oxygen atoms in total. The van der Waals surface area contributed by atoms with Gasteiger partial charge in [0.2, 0.25) is 5.91 Å². The van der Waals surface area contributed by atoms with Gasteiger partial charge >= 0.3 is 5.71 Å². The molecule has 0 saturated heterocycles. The summed E-state index contributed by atoms with van der Waals surface area (Å²) in [7, 11) is -4.35. The molecule has 2 N–H and O–H groups in total. The van der Waals surface area contributed by atoms with E-state index in [1.54, 1.807) is 6.08 Å². The number of hydrogen-bond donors (Lipinski definition) is 2. The minimum atomic E-state index is -4.35. The second kappa shape index (κ2) is 5.01. The summed E-state index contributed by atoms with van der Waals surface area (Å²) < 4.78 is 31.4. The average molecular weight is 293 g/mol. The number of amides is 1. The van der Waals surface area contributed by atoms with Crippen molar-refractivity contribution >= 4 is 27.4 Å². The van der Waals surface area contributed by atoms with Gasteiger partial charge in [-0.25, -0.2) is 0 Å². The fourth-order valence-corrected chi connectivity index (χ4v) is 2.49. The van der Waals surface area contributed by atoms with Crippen LogP contribution >= 0.6 is 0 Å². The number of nitrogens with one attached hydrogen (secondary N) is 1. The van der Waals surface area contributed by atoms with Gasteiger partial charge < -0.3 is 10.8 Å². The van der Waals surface area contributed by atoms with Crippen LogP contribution in [-0.2, 0) is 14.9 Å². The minimum absolute atomic E-state index is 0.296. The molecule has 0 saturated carbocycles. The molecule has 0 aromatic heterocycles. The third-order valence-electron chi connectivity index (χ3n) is 2.82. The molecule has 0 fully saturated rings. The highest BCUT2D eigenvalue weighted by molar-refractivity contribution is 7.85. The Morgan fingerprint density at radius 3 is 2.65 bits per heavy atom. The first kappa shape index (κ1) is 14.1. The Morgan fingerprint density at radius 1 is 1.40 bits per heavy atom. The average Bonchev–Trinajstić information content (AvgIpc) is 2.37. The summed E-state index contributed by atoms with van der Waals surface area (Å²) in [5, 5.41) is 2.57. The van der Waals surface area contributed by atoms with Crippen LogP contribution in [0.2, 0.25) is 0 Å². The van der Waals surface area contributed by atoms with Crippen LogP contribution in [0.25, 0.3) is 11.2 Å². The van der Waals surface area contributed by atoms with E-state index in [2.05, 4.69) is 10.1 Å². The standard InChI is InChI=1S/C12H11N3O4S/c1-7(16)14-11-4-5-12(15-13)9-3-2-8(6-10(9)11)20(17,18)19/h2-4,6H,5H2,1H3,(H,14,16)(H,17,18,19). The predicted molar refractivity (Wildman–Crippen MR) is 70.4 cm³/mol. The summed E-state index contributed by atoms with van der Waals surface area (Å²) in [6, 6.07) is 3.84. The zero-order valence-corrected chi connectivity index (χ0v) is 11.3. The van der Waals surface area contributed by atoms with E-state index in [0.717, 1.165) is 0 Å². The van der Waals surface area contributed by atoms with Gasteiger partial charge in [-0.1, -0.05) is 0 Å². The maximum atomic E-state index is 11.2. The zero-order valence-electron chi connectivity index (χ0n) is 10.5. The first-order valence-electron chi connectivity index (χ1n) is 5.64. The van der Waals surface area contributed by atoms with Gasteiger partial charge in [0.1, 0.15) is 0 Å². The molecule has 0 spiro atoms. The SMILES string of the molecule is CC(=O)NC1=CCC(=[N+]=[N-])c2ccc(S(=O)(=O)O)cc21. The van der Waals surface area contributed by atoms with Crippen LogP contribution in [0.3, 0.4) is 0 Å². The van der Waals surface area contributed by atoms with Crippen molar-refractivity contribution in [2.24, 2.45) is 0 Å². The van der Waals surface area contributed by atoms with Gasteiger partial charge in [0, 0.05) is 18.2 Å². The van der Waals surface area contributed by atoms with Gasteiger partial charge in [0.25, 0.3) is 10.1 Å². The highest BCUT2D eigenvalue weighted by atomic mass is 32.2. The molecule has 1 aromatic rings. The molecular weight excluding hydrogens is 282 g/mol. The second-order valence-corrected chi connectivity index (χ2v) is 5.65. The zero-order chi connectivity index (χ0) is 14.9. The Labute approximate surface area is 115 Å². The molecule has 0 radical (unpaired) electrons. The van der Waals surface area contributed by atoms with E-state index in [4.69, 9.17) is 10.1 Å². The second-order valence-electron chi connectivity index (χ2n) is 4.23. The number of carbonyl (C=O) groups excluding carboxylic acids is 1. The van der Waals surface area contributed by atoms with Gasteiger partial charge in [-0.15, -0.1) is 0 Å². The summed E-state index contributed by atoms with van der Waals surface area (Å²) in [4.78, 5) is 14.0. The Kier molecular flexibility index (Phi) is 3.54. The number of nitrogens with zero attached hydrogens (tertiary/aromatic N) is 2. The van der Waals surface area contributed by atoms with Crippen molar-refractivity contribution in [2.75, 3.05) is 0 Å². The van der Waals surface area contributed by atoms with Crippen LogP contribution in [0.1, 0.15) is 24.5 Å². The lowest BCUT2D eigenvalue weighted by molar-refractivity contribution is -0.117. The topological polar surface area (TPSA) is 120 Å². The van der Waals surface area contributed by atoms with Gasteiger partial charge in [0.05, 0.1) is 16.9 Å². The lowest BCUT2D eigenvalue weighted by atomic mass is 9.93. The van der Waals surface area contributed by atoms with Crippen molar-refractivity contribution in [3.8, 4) is 0 Å². The van der Waals surface area contributed by atoms with Crippen molar-refractivity contribution in [1.29, 1.82) is 0 Å². The molecule has 1 amide bonds. The molecular formula is C12H11N3O4S. The highest BCUT2D eigenvalue weighted by Gasteiger charge is 2.25. The van der Waals surface area contributed by atoms with Crippen molar-refractivity contribution in [3.63, 3.8) is 0 Å². The van der Waals surface area contributed by atoms with E-state index in [9.17, 15) is 13.2 Å². The van der Waals surface area contributed by atoms with Crippen molar-refractivity contribution in [1.82, 2.24) is 5.32 Å². The number of benzene rings is 1. The van der Waals surface area contributed by atoms with Crippen molar-refractivity contribution in [2.45, 2.75) is 18.2 Å². The van der Waals surface area contributed by atoms with Gasteiger partial charge in [-0.3, -0.25) is 9.35 Å². The normalized spacial score (nSPS) is 14.1. The summed E-state index contributed by atoms with van der Waals surface area (Å²) in [5.41, 5.74) is 10.6. The molecule has 2 rings (SSSR count). The number of carbonyl (C=O) groups is 1. The van der Waals surface area contributed by atoms with Gasteiger partial charge in [0.15, 0.2) is 0 Å². The number of rotatable bonds is 2. The minimum Gasteiger partial charge on any atom is -0.361 e. The maximum Gasteiger partial charge on any atom is 0.303 e. The summed E-state index contributed by atoms with van der Waals surface area (Å²) in [6.07, 6.45) is 1.90. The van der Waals surface area contributed by atoms with Crippen LogP contribution in [0.15, 0.2) is 29.2 Å². The van der Waals surface area contributed by atoms with Crippen molar-refractivity contribution < 1.29 is 22.6 Å². The van der Waals surface area contributed by atoms with E-state index in [-0.39, 0.29) is 10.8 Å². The van der Waals surface area contributed by atoms with E-state index in [0.29, 0.717) is 29.0 Å². The predicted octanol–water partition coefficient (Wildman–Crippen LogP) is 0.833. The molecule has 0 aliphatic heterocycles. The van der Waals surface area contributed by atoms with Crippen LogP contribution in [0.5, 0.6) is 0 Å². The molecule has 0 unspecified atom stereocenters. The highest BCUT2D eigenvalue weighted by Crippen LogP contribution is 2.27. The Hall–Kier alpha value is -2.28. The van der Waals surface area contributed by atoms with E-state index in [1.165, 1.54) is 25.1 Å². The molecule has 104 valence electrons. The van der Waals surface area contributed by atoms with Crippen LogP contribution in [-0.4, -0.2) is 29.4 Å². The summed E-state index contributed by atoms with van der Waals surface area (Å²) in [5.74, 6) is -0.316. The van der Waals surface area contributed by atoms with Crippen LogP contribution < -0.4 is 5.32 Å². The first-order chi connectivity index (χ1) is 9.32. The molecule has 0 bridgehead atoms. The van der Waals surface area contributed by atoms with Crippen LogP contribution in [0, 0.1) is 0 Å². The fraction of sp³-hybridized carbons (Fsp3) is 0.167. The van der Waals surface area contributed by atoms with Gasteiger partial charge in [-0.2, -0.15) is 13.2 Å². The van der Waals surface area contributed by atoms with E-state index in [1.807, 2.05) is 0 Å². The largest absolute Gasteiger partial charge is 0.361 e. The summed E-state index contributed by atoms with van der Waals surface area (Å²) >= 11 is 0. The Bertz CT molecular complexity index is 774. The monoisotopic (exact) mass is 293 g/mol. The molecule has 1 aromatic carbocycles. The molecule has 0 atom stereocenters. The quantitative estimate of drug-likeness (QED) is 0.476. The first-order valence-corrected chi connectivity index (χ1v) is 7.08. The number of fused-ring (bicyclic) bond motifs is 1. The number of allylic oxidation sites excluding steroid dienone is 1. The molecule has 8 heteroatoms. The van der Waals surface area contributed by atoms with Gasteiger partial charge in [-0.05, 0) is 24.3 Å². The Morgan fingerprint density at radius 2 is 2.10 bits per heavy atom. The fourth-order valence-electron chi connectivity index (χ4n) is 1.98. The van der Waals surface area contributed by atoms with Crippen LogP contribution in [0.4, 0.5) is 0 Å². The van der Waals surface area contributed by atoms with Crippen molar-refractivity contribution in [3.05, 3.63) is 40.9 Å². The third kappa shape index (κ3) is 2.67. The Balaban J connectivity index is 2.66. The van der Waals surface area contributed by atoms with E-state index >= 15 is 0 Å². The molecule has 1 aliphatic rings. The third-order valence-corrected chi connectivity index (χ3v) is 3.67. The molecule has 1 aliphatic carbocycles. The summed E-state index contributed by atoms with van der Waals surface area (Å²) in [6.45, 7) is 1.32. The lowest BCUT2D eigenvalue weighted by Crippen LogP contribution is -2.23.